The van der Waals surface area contributed by atoms with Crippen molar-refractivity contribution in [2.24, 2.45) is 5.41 Å². The van der Waals surface area contributed by atoms with E-state index in [-0.39, 0.29) is 18.1 Å². The number of hydrogen-bond acceptors (Lipinski definition) is 3. The summed E-state index contributed by atoms with van der Waals surface area (Å²) in [6.45, 7) is 1.28. The van der Waals surface area contributed by atoms with Crippen molar-refractivity contribution in [3.8, 4) is 5.69 Å². The summed E-state index contributed by atoms with van der Waals surface area (Å²) >= 11 is 0. The summed E-state index contributed by atoms with van der Waals surface area (Å²) in [5, 5.41) is 19.1. The maximum atomic E-state index is 11.7. The lowest BCUT2D eigenvalue weighted by Gasteiger charge is -2.13. The van der Waals surface area contributed by atoms with E-state index in [1.807, 2.05) is 41.2 Å². The average molecular weight is 314 g/mol. The Morgan fingerprint density at radius 2 is 2.04 bits per heavy atom. The molecule has 3 N–H and O–H groups in total. The molecule has 0 aliphatic heterocycles. The van der Waals surface area contributed by atoms with Gasteiger partial charge in [-0.3, -0.25) is 0 Å². The maximum absolute atomic E-state index is 11.7. The second-order valence-corrected chi connectivity index (χ2v) is 6.13. The van der Waals surface area contributed by atoms with Gasteiger partial charge < -0.3 is 15.7 Å². The van der Waals surface area contributed by atoms with Crippen LogP contribution >= 0.6 is 0 Å². The van der Waals surface area contributed by atoms with E-state index < -0.39 is 0 Å². The number of rotatable bonds is 7. The van der Waals surface area contributed by atoms with Crippen LogP contribution in [0.15, 0.2) is 42.7 Å². The van der Waals surface area contributed by atoms with Gasteiger partial charge in [0, 0.05) is 30.9 Å². The minimum Gasteiger partial charge on any atom is -0.396 e. The van der Waals surface area contributed by atoms with Gasteiger partial charge in [0.25, 0.3) is 0 Å². The second-order valence-electron chi connectivity index (χ2n) is 6.13. The predicted octanol–water partition coefficient (Wildman–Crippen LogP) is 1.49. The molecule has 0 unspecified atom stereocenters. The van der Waals surface area contributed by atoms with E-state index in [2.05, 4.69) is 15.7 Å². The minimum absolute atomic E-state index is 0.0559. The Kier molecular flexibility index (Phi) is 4.62. The summed E-state index contributed by atoms with van der Waals surface area (Å²) in [6.07, 6.45) is 6.41. The highest BCUT2D eigenvalue weighted by atomic mass is 16.3. The third kappa shape index (κ3) is 4.10. The zero-order valence-electron chi connectivity index (χ0n) is 13.0. The number of nitrogens with one attached hydrogen (secondary N) is 2. The molecule has 1 aromatic heterocycles. The number of carbonyl (C=O) groups excluding carboxylic acids is 1. The molecule has 1 aromatic carbocycles. The van der Waals surface area contributed by atoms with E-state index in [4.69, 9.17) is 0 Å². The van der Waals surface area contributed by atoms with E-state index in [0.717, 1.165) is 30.5 Å². The molecule has 1 fully saturated rings. The Morgan fingerprint density at radius 3 is 2.65 bits per heavy atom. The largest absolute Gasteiger partial charge is 0.396 e. The Labute approximate surface area is 135 Å². The maximum Gasteiger partial charge on any atom is 0.314 e. The van der Waals surface area contributed by atoms with Crippen molar-refractivity contribution in [3.05, 3.63) is 48.3 Å². The fourth-order valence-corrected chi connectivity index (χ4v) is 2.46. The first-order valence-corrected chi connectivity index (χ1v) is 7.92. The number of urea groups is 1. The van der Waals surface area contributed by atoms with Crippen LogP contribution in [0.25, 0.3) is 5.69 Å². The molecule has 0 atom stereocenters. The highest BCUT2D eigenvalue weighted by Gasteiger charge is 2.42. The molecule has 2 aromatic rings. The molecule has 122 valence electrons. The topological polar surface area (TPSA) is 79.2 Å². The number of amides is 2. The molecular weight excluding hydrogens is 292 g/mol. The van der Waals surface area contributed by atoms with Crippen LogP contribution in [0, 0.1) is 5.41 Å². The third-order valence-corrected chi connectivity index (χ3v) is 4.32. The SMILES string of the molecule is O=C(NCCc1ccc(-n2cccn2)cc1)NCC1(CO)CC1. The van der Waals surface area contributed by atoms with E-state index in [1.165, 1.54) is 0 Å². The standard InChI is InChI=1S/C17H22N4O2/c22-13-17(7-8-17)12-19-16(23)18-10-6-14-2-4-15(5-3-14)21-11-1-9-20-21/h1-5,9,11,22H,6-8,10,12-13H2,(H2,18,19,23). The summed E-state index contributed by atoms with van der Waals surface area (Å²) in [5.41, 5.74) is 2.12. The third-order valence-electron chi connectivity index (χ3n) is 4.32. The monoisotopic (exact) mass is 314 g/mol. The molecule has 1 aliphatic rings. The van der Waals surface area contributed by atoms with Crippen LogP contribution in [0.5, 0.6) is 0 Å². The number of nitrogens with zero attached hydrogens (tertiary/aromatic N) is 2. The zero-order valence-corrected chi connectivity index (χ0v) is 13.0. The molecule has 0 saturated heterocycles. The van der Waals surface area contributed by atoms with E-state index >= 15 is 0 Å². The predicted molar refractivity (Wildman–Crippen MR) is 87.4 cm³/mol. The summed E-state index contributed by atoms with van der Waals surface area (Å²) in [7, 11) is 0. The van der Waals surface area contributed by atoms with Crippen LogP contribution in [-0.4, -0.2) is 40.6 Å². The molecule has 1 heterocycles. The molecule has 0 bridgehead atoms. The number of aliphatic hydroxyl groups is 1. The lowest BCUT2D eigenvalue weighted by molar-refractivity contribution is 0.203. The normalized spacial score (nSPS) is 15.2. The van der Waals surface area contributed by atoms with Crippen LogP contribution in [0.1, 0.15) is 18.4 Å². The van der Waals surface area contributed by atoms with Crippen LogP contribution < -0.4 is 10.6 Å². The second kappa shape index (κ2) is 6.83. The first-order chi connectivity index (χ1) is 11.2. The van der Waals surface area contributed by atoms with Gasteiger partial charge in [0.15, 0.2) is 0 Å². The Bertz CT molecular complexity index is 633. The summed E-state index contributed by atoms with van der Waals surface area (Å²) in [5.74, 6) is 0. The lowest BCUT2D eigenvalue weighted by Crippen LogP contribution is -2.40. The molecule has 6 heteroatoms. The number of hydrogen-bond donors (Lipinski definition) is 3. The molecule has 3 rings (SSSR count). The zero-order chi connectivity index (χ0) is 16.1. The fraction of sp³-hybridized carbons (Fsp3) is 0.412. The number of aliphatic hydroxyl groups excluding tert-OH is 1. The van der Waals surface area contributed by atoms with Gasteiger partial charge >= 0.3 is 6.03 Å². The smallest absolute Gasteiger partial charge is 0.314 e. The molecule has 6 nitrogen and oxygen atoms in total. The fourth-order valence-electron chi connectivity index (χ4n) is 2.46. The average Bonchev–Trinajstić information content (AvgIpc) is 3.16. The van der Waals surface area contributed by atoms with Gasteiger partial charge in [-0.15, -0.1) is 0 Å². The Hall–Kier alpha value is -2.34. The summed E-state index contributed by atoms with van der Waals surface area (Å²) in [6, 6.07) is 9.83. The molecule has 0 radical (unpaired) electrons. The van der Waals surface area contributed by atoms with Gasteiger partial charge in [-0.05, 0) is 43.0 Å². The highest BCUT2D eigenvalue weighted by molar-refractivity contribution is 5.73. The van der Waals surface area contributed by atoms with Crippen LogP contribution in [0.4, 0.5) is 4.79 Å². The number of aromatic nitrogens is 2. The first-order valence-electron chi connectivity index (χ1n) is 7.92. The molecule has 1 aliphatic carbocycles. The Balaban J connectivity index is 1.39. The van der Waals surface area contributed by atoms with Crippen LogP contribution in [0.2, 0.25) is 0 Å². The van der Waals surface area contributed by atoms with Gasteiger partial charge in [0.2, 0.25) is 0 Å². The minimum atomic E-state index is -0.169. The van der Waals surface area contributed by atoms with E-state index in [0.29, 0.717) is 13.1 Å². The van der Waals surface area contributed by atoms with Crippen molar-refractivity contribution in [2.45, 2.75) is 19.3 Å². The van der Waals surface area contributed by atoms with Crippen molar-refractivity contribution in [2.75, 3.05) is 19.7 Å². The molecule has 2 amide bonds. The van der Waals surface area contributed by atoms with Gasteiger partial charge in [-0.1, -0.05) is 12.1 Å². The van der Waals surface area contributed by atoms with Crippen molar-refractivity contribution in [1.82, 2.24) is 20.4 Å². The number of carbonyl (C=O) groups is 1. The lowest BCUT2D eigenvalue weighted by atomic mass is 10.1. The van der Waals surface area contributed by atoms with Crippen molar-refractivity contribution in [1.29, 1.82) is 0 Å². The molecular formula is C17H22N4O2. The van der Waals surface area contributed by atoms with Gasteiger partial charge in [0.1, 0.15) is 0 Å². The van der Waals surface area contributed by atoms with E-state index in [1.54, 1.807) is 6.20 Å². The first kappa shape index (κ1) is 15.6. The van der Waals surface area contributed by atoms with Gasteiger partial charge in [-0.2, -0.15) is 5.10 Å². The molecule has 1 saturated carbocycles. The number of benzene rings is 1. The molecule has 0 spiro atoms. The summed E-state index contributed by atoms with van der Waals surface area (Å²) < 4.78 is 1.81. The van der Waals surface area contributed by atoms with Crippen molar-refractivity contribution in [3.63, 3.8) is 0 Å². The Morgan fingerprint density at radius 1 is 1.26 bits per heavy atom. The van der Waals surface area contributed by atoms with Crippen molar-refractivity contribution < 1.29 is 9.90 Å². The molecule has 23 heavy (non-hydrogen) atoms. The van der Waals surface area contributed by atoms with Crippen LogP contribution in [-0.2, 0) is 6.42 Å². The quantitative estimate of drug-likeness (QED) is 0.724. The highest BCUT2D eigenvalue weighted by Crippen LogP contribution is 2.44. The summed E-state index contributed by atoms with van der Waals surface area (Å²) in [4.78, 5) is 11.7. The van der Waals surface area contributed by atoms with Gasteiger partial charge in [0.05, 0.1) is 12.3 Å². The van der Waals surface area contributed by atoms with Gasteiger partial charge in [-0.25, -0.2) is 9.48 Å². The van der Waals surface area contributed by atoms with Crippen LogP contribution in [0.3, 0.4) is 0 Å². The van der Waals surface area contributed by atoms with Crippen molar-refractivity contribution >= 4 is 6.03 Å². The van der Waals surface area contributed by atoms with E-state index in [9.17, 15) is 9.90 Å².